The molecule has 0 saturated heterocycles. The summed E-state index contributed by atoms with van der Waals surface area (Å²) in [4.78, 5) is 12.6. The molecule has 9 heteroatoms. The molecular formula is C21H18N6O2S. The second-order valence-corrected chi connectivity index (χ2v) is 6.99. The Morgan fingerprint density at radius 3 is 2.57 bits per heavy atom. The number of ether oxygens (including phenoxy) is 2. The Hall–Kier alpha value is -3.66. The lowest BCUT2D eigenvalue weighted by molar-refractivity contribution is 0.144. The van der Waals surface area contributed by atoms with Gasteiger partial charge in [-0.1, -0.05) is 6.07 Å². The van der Waals surface area contributed by atoms with E-state index in [-0.39, 0.29) is 16.9 Å². The van der Waals surface area contributed by atoms with Crippen LogP contribution in [0.1, 0.15) is 16.7 Å². The van der Waals surface area contributed by atoms with Crippen molar-refractivity contribution >= 4 is 17.6 Å². The van der Waals surface area contributed by atoms with Crippen molar-refractivity contribution in [3.05, 3.63) is 59.5 Å². The fourth-order valence-electron chi connectivity index (χ4n) is 2.67. The summed E-state index contributed by atoms with van der Waals surface area (Å²) in [5, 5.41) is 19.9. The molecular weight excluding hydrogens is 400 g/mol. The maximum atomic E-state index is 9.84. The van der Waals surface area contributed by atoms with E-state index in [2.05, 4.69) is 27.1 Å². The number of methoxy groups -OCH3 is 1. The number of pyridine rings is 3. The van der Waals surface area contributed by atoms with E-state index in [9.17, 15) is 10.5 Å². The maximum Gasteiger partial charge on any atom is 0.213 e. The van der Waals surface area contributed by atoms with E-state index in [0.717, 1.165) is 5.56 Å². The van der Waals surface area contributed by atoms with Crippen LogP contribution in [0.25, 0.3) is 11.1 Å². The zero-order valence-corrected chi connectivity index (χ0v) is 17.0. The number of nitriles is 2. The zero-order valence-electron chi connectivity index (χ0n) is 16.2. The van der Waals surface area contributed by atoms with Crippen LogP contribution < -0.4 is 10.5 Å². The summed E-state index contributed by atoms with van der Waals surface area (Å²) >= 11 is 1.36. The van der Waals surface area contributed by atoms with Crippen molar-refractivity contribution in [3.8, 4) is 29.1 Å². The maximum absolute atomic E-state index is 9.84. The van der Waals surface area contributed by atoms with Crippen molar-refractivity contribution in [2.45, 2.75) is 10.8 Å². The molecule has 3 rings (SSSR count). The van der Waals surface area contributed by atoms with Crippen LogP contribution in [0.15, 0.2) is 47.9 Å². The van der Waals surface area contributed by atoms with E-state index in [4.69, 9.17) is 15.2 Å². The van der Waals surface area contributed by atoms with E-state index in [1.807, 2.05) is 12.1 Å². The third-order valence-electron chi connectivity index (χ3n) is 4.08. The van der Waals surface area contributed by atoms with Crippen molar-refractivity contribution in [1.29, 1.82) is 10.5 Å². The largest absolute Gasteiger partial charge is 0.475 e. The predicted octanol–water partition coefficient (Wildman–Crippen LogP) is 3.18. The molecule has 0 spiro atoms. The Labute approximate surface area is 178 Å². The number of aromatic nitrogens is 3. The molecule has 0 aliphatic heterocycles. The van der Waals surface area contributed by atoms with Gasteiger partial charge < -0.3 is 15.2 Å². The van der Waals surface area contributed by atoms with Gasteiger partial charge in [-0.15, -0.1) is 11.8 Å². The lowest BCUT2D eigenvalue weighted by Crippen LogP contribution is -2.06. The molecule has 0 radical (unpaired) electrons. The smallest absolute Gasteiger partial charge is 0.213 e. The van der Waals surface area contributed by atoms with Gasteiger partial charge in [0.2, 0.25) is 5.88 Å². The Kier molecular flexibility index (Phi) is 7.17. The van der Waals surface area contributed by atoms with Gasteiger partial charge in [-0.3, -0.25) is 4.98 Å². The third-order valence-corrected chi connectivity index (χ3v) is 5.12. The van der Waals surface area contributed by atoms with Gasteiger partial charge in [0.05, 0.1) is 12.2 Å². The molecule has 0 aromatic carbocycles. The summed E-state index contributed by atoms with van der Waals surface area (Å²) in [6.07, 6.45) is 4.99. The minimum Gasteiger partial charge on any atom is -0.475 e. The quantitative estimate of drug-likeness (QED) is 0.433. The summed E-state index contributed by atoms with van der Waals surface area (Å²) < 4.78 is 10.4. The summed E-state index contributed by atoms with van der Waals surface area (Å²) in [6, 6.07) is 11.4. The average Bonchev–Trinajstić information content (AvgIpc) is 2.78. The molecule has 0 atom stereocenters. The molecule has 8 nitrogen and oxygen atoms in total. The van der Waals surface area contributed by atoms with Crippen LogP contribution in [0, 0.1) is 22.7 Å². The third kappa shape index (κ3) is 4.84. The van der Waals surface area contributed by atoms with Gasteiger partial charge in [0.1, 0.15) is 35.2 Å². The van der Waals surface area contributed by atoms with Gasteiger partial charge in [-0.2, -0.15) is 10.5 Å². The first-order chi connectivity index (χ1) is 14.7. The van der Waals surface area contributed by atoms with E-state index >= 15 is 0 Å². The van der Waals surface area contributed by atoms with Gasteiger partial charge in [-0.05, 0) is 17.7 Å². The summed E-state index contributed by atoms with van der Waals surface area (Å²) in [7, 11) is 1.59. The van der Waals surface area contributed by atoms with Crippen LogP contribution in [0.4, 0.5) is 5.82 Å². The number of nitrogens with two attached hydrogens (primary N) is 1. The molecule has 0 fully saturated rings. The highest BCUT2D eigenvalue weighted by Crippen LogP contribution is 2.36. The van der Waals surface area contributed by atoms with Gasteiger partial charge in [0.25, 0.3) is 0 Å². The molecule has 0 unspecified atom stereocenters. The molecule has 150 valence electrons. The van der Waals surface area contributed by atoms with Gasteiger partial charge >= 0.3 is 0 Å². The van der Waals surface area contributed by atoms with Crippen molar-refractivity contribution in [2.24, 2.45) is 0 Å². The van der Waals surface area contributed by atoms with Crippen LogP contribution in [0.3, 0.4) is 0 Å². The molecule has 0 bridgehead atoms. The summed E-state index contributed by atoms with van der Waals surface area (Å²) in [6.45, 7) is 0.812. The molecule has 0 aliphatic carbocycles. The van der Waals surface area contributed by atoms with Crippen LogP contribution in [-0.4, -0.2) is 35.3 Å². The van der Waals surface area contributed by atoms with Gasteiger partial charge in [0, 0.05) is 48.6 Å². The predicted molar refractivity (Wildman–Crippen MR) is 112 cm³/mol. The van der Waals surface area contributed by atoms with Gasteiger partial charge in [-0.25, -0.2) is 9.97 Å². The fraction of sp³-hybridized carbons (Fsp3) is 0.190. The Morgan fingerprint density at radius 1 is 1.10 bits per heavy atom. The highest BCUT2D eigenvalue weighted by Gasteiger charge is 2.21. The van der Waals surface area contributed by atoms with Crippen LogP contribution in [-0.2, 0) is 10.5 Å². The average molecular weight is 418 g/mol. The Bertz CT molecular complexity index is 1090. The monoisotopic (exact) mass is 418 g/mol. The van der Waals surface area contributed by atoms with Crippen molar-refractivity contribution in [2.75, 3.05) is 26.1 Å². The van der Waals surface area contributed by atoms with Crippen molar-refractivity contribution in [3.63, 3.8) is 0 Å². The Morgan fingerprint density at radius 2 is 1.93 bits per heavy atom. The Balaban J connectivity index is 1.97. The number of hydrogen-bond donors (Lipinski definition) is 1. The van der Waals surface area contributed by atoms with E-state index in [1.165, 1.54) is 11.8 Å². The van der Waals surface area contributed by atoms with Crippen LogP contribution in [0.5, 0.6) is 5.88 Å². The first-order valence-corrected chi connectivity index (χ1v) is 9.90. The summed E-state index contributed by atoms with van der Waals surface area (Å²) in [5.74, 6) is 1.05. The van der Waals surface area contributed by atoms with Crippen molar-refractivity contribution < 1.29 is 9.47 Å². The van der Waals surface area contributed by atoms with Gasteiger partial charge in [0.15, 0.2) is 0 Å². The van der Waals surface area contributed by atoms with E-state index < -0.39 is 0 Å². The minimum absolute atomic E-state index is 0.0700. The topological polar surface area (TPSA) is 131 Å². The minimum atomic E-state index is 0.0700. The zero-order chi connectivity index (χ0) is 21.3. The molecule has 0 amide bonds. The lowest BCUT2D eigenvalue weighted by atomic mass is 9.98. The number of thioether (sulfide) groups is 1. The second kappa shape index (κ2) is 10.2. The highest BCUT2D eigenvalue weighted by molar-refractivity contribution is 7.98. The number of nitrogen functional groups attached to an aromatic ring is 1. The molecule has 0 saturated carbocycles. The molecule has 30 heavy (non-hydrogen) atoms. The van der Waals surface area contributed by atoms with E-state index in [0.29, 0.717) is 41.0 Å². The number of nitrogens with zero attached hydrogens (tertiary/aromatic N) is 5. The molecule has 2 N–H and O–H groups in total. The fourth-order valence-corrected chi connectivity index (χ4v) is 3.60. The number of rotatable bonds is 8. The van der Waals surface area contributed by atoms with Crippen molar-refractivity contribution in [1.82, 2.24) is 15.0 Å². The first-order valence-electron chi connectivity index (χ1n) is 8.91. The van der Waals surface area contributed by atoms with Crippen LogP contribution in [0.2, 0.25) is 0 Å². The standard InChI is InChI=1S/C21H18N6O2S/c1-28-7-8-29-18-5-4-15(12-26-18)19-16(9-22)20(24)27-21(17(19)10-23)30-13-14-3-2-6-25-11-14/h2-6,11-12H,7-8,13H2,1H3,(H2,24,27). The SMILES string of the molecule is COCCOc1ccc(-c2c(C#N)c(N)nc(SCc3cccnc3)c2C#N)cn1. The highest BCUT2D eigenvalue weighted by atomic mass is 32.2. The van der Waals surface area contributed by atoms with E-state index in [1.54, 1.807) is 37.8 Å². The van der Waals surface area contributed by atoms with Crippen LogP contribution >= 0.6 is 11.8 Å². The molecule has 0 aliphatic rings. The molecule has 3 aromatic heterocycles. The second-order valence-electron chi connectivity index (χ2n) is 6.03. The molecule has 3 heterocycles. The number of anilines is 1. The first kappa shape index (κ1) is 21.1. The lowest BCUT2D eigenvalue weighted by Gasteiger charge is -2.13. The number of hydrogen-bond acceptors (Lipinski definition) is 9. The summed E-state index contributed by atoms with van der Waals surface area (Å²) in [5.41, 5.74) is 8.45. The molecule has 3 aromatic rings. The normalized spacial score (nSPS) is 10.2.